The third-order valence-electron chi connectivity index (χ3n) is 5.67. The third-order valence-corrected chi connectivity index (χ3v) is 5.96. The van der Waals surface area contributed by atoms with Crippen molar-refractivity contribution in [3.8, 4) is 11.5 Å². The van der Waals surface area contributed by atoms with Gasteiger partial charge in [0.15, 0.2) is 16.6 Å². The topological polar surface area (TPSA) is 50.8 Å². The summed E-state index contributed by atoms with van der Waals surface area (Å²) in [5, 5.41) is 3.62. The molecule has 1 heterocycles. The number of nitrogens with one attached hydrogen (secondary N) is 1. The van der Waals surface area contributed by atoms with Crippen LogP contribution >= 0.6 is 12.2 Å². The van der Waals surface area contributed by atoms with E-state index >= 15 is 0 Å². The summed E-state index contributed by atoms with van der Waals surface area (Å²) >= 11 is 5.47. The summed E-state index contributed by atoms with van der Waals surface area (Å²) < 4.78 is 11.8. The van der Waals surface area contributed by atoms with Crippen LogP contribution in [0, 0.1) is 0 Å². The molecule has 0 atom stereocenters. The molecule has 2 fully saturated rings. The highest BCUT2D eigenvalue weighted by Crippen LogP contribution is 2.31. The van der Waals surface area contributed by atoms with Crippen molar-refractivity contribution < 1.29 is 14.3 Å². The van der Waals surface area contributed by atoms with Gasteiger partial charge in [-0.3, -0.25) is 9.69 Å². The quantitative estimate of drug-likeness (QED) is 0.486. The maximum Gasteiger partial charge on any atom is 0.276 e. The first kappa shape index (κ1) is 21.4. The zero-order valence-electron chi connectivity index (χ0n) is 17.8. The Morgan fingerprint density at radius 3 is 2.58 bits per heavy atom. The molecule has 1 saturated carbocycles. The van der Waals surface area contributed by atoms with E-state index in [9.17, 15) is 4.79 Å². The summed E-state index contributed by atoms with van der Waals surface area (Å²) in [5.74, 6) is 1.29. The minimum Gasteiger partial charge on any atom is -0.490 e. The van der Waals surface area contributed by atoms with E-state index in [1.165, 1.54) is 6.42 Å². The molecule has 0 aromatic heterocycles. The van der Waals surface area contributed by atoms with Crippen LogP contribution in [0.15, 0.2) is 54.2 Å². The maximum atomic E-state index is 13.0. The van der Waals surface area contributed by atoms with Gasteiger partial charge in [0.25, 0.3) is 5.91 Å². The second kappa shape index (κ2) is 9.96. The highest BCUT2D eigenvalue weighted by Gasteiger charge is 2.36. The van der Waals surface area contributed by atoms with Crippen molar-refractivity contribution in [2.24, 2.45) is 0 Å². The van der Waals surface area contributed by atoms with Crippen LogP contribution in [-0.2, 0) is 11.4 Å². The van der Waals surface area contributed by atoms with E-state index in [0.717, 1.165) is 36.8 Å². The summed E-state index contributed by atoms with van der Waals surface area (Å²) in [7, 11) is 0. The van der Waals surface area contributed by atoms with Crippen LogP contribution < -0.4 is 14.8 Å². The van der Waals surface area contributed by atoms with Gasteiger partial charge in [-0.15, -0.1) is 0 Å². The van der Waals surface area contributed by atoms with Crippen molar-refractivity contribution in [2.45, 2.75) is 51.7 Å². The Morgan fingerprint density at radius 2 is 1.84 bits per heavy atom. The summed E-state index contributed by atoms with van der Waals surface area (Å²) in [6.07, 6.45) is 7.41. The first-order chi connectivity index (χ1) is 15.2. The largest absolute Gasteiger partial charge is 0.490 e. The van der Waals surface area contributed by atoms with Crippen molar-refractivity contribution in [1.82, 2.24) is 10.2 Å². The molecular weight excluding hydrogens is 408 g/mol. The van der Waals surface area contributed by atoms with E-state index in [0.29, 0.717) is 35.5 Å². The summed E-state index contributed by atoms with van der Waals surface area (Å²) in [6, 6.07) is 15.9. The van der Waals surface area contributed by atoms with Gasteiger partial charge in [0.1, 0.15) is 12.3 Å². The average molecular weight is 437 g/mol. The van der Waals surface area contributed by atoms with Crippen LogP contribution in [0.1, 0.15) is 50.2 Å². The normalized spacial score (nSPS) is 18.4. The average Bonchev–Trinajstić information content (AvgIpc) is 3.07. The number of amides is 1. The number of carbonyl (C=O) groups excluding carboxylic acids is 1. The summed E-state index contributed by atoms with van der Waals surface area (Å²) in [4.78, 5) is 14.8. The molecule has 0 spiro atoms. The highest BCUT2D eigenvalue weighted by molar-refractivity contribution is 7.80. The standard InChI is InChI=1S/C25H28N2O3S/c1-2-29-23-16-19(13-14-22(23)30-17-18-9-5-3-6-10-18)15-21-24(28)27(25(31)26-21)20-11-7-4-8-12-20/h3,5-6,9-10,13-16,20H,2,4,7-8,11-12,17H2,1H3,(H,26,31). The lowest BCUT2D eigenvalue weighted by Crippen LogP contribution is -2.41. The van der Waals surface area contributed by atoms with Gasteiger partial charge in [-0.1, -0.05) is 55.7 Å². The second-order valence-corrected chi connectivity index (χ2v) is 8.26. The number of ether oxygens (including phenoxy) is 2. The van der Waals surface area contributed by atoms with E-state index < -0.39 is 0 Å². The van der Waals surface area contributed by atoms with Crippen molar-refractivity contribution in [1.29, 1.82) is 0 Å². The zero-order chi connectivity index (χ0) is 21.6. The van der Waals surface area contributed by atoms with Crippen molar-refractivity contribution in [3.63, 3.8) is 0 Å². The number of hydrogen-bond acceptors (Lipinski definition) is 4. The Morgan fingerprint density at radius 1 is 1.06 bits per heavy atom. The van der Waals surface area contributed by atoms with Crippen LogP contribution in [0.4, 0.5) is 0 Å². The van der Waals surface area contributed by atoms with Gasteiger partial charge in [-0.05, 0) is 61.3 Å². The lowest BCUT2D eigenvalue weighted by Gasteiger charge is -2.29. The lowest BCUT2D eigenvalue weighted by molar-refractivity contribution is -0.124. The van der Waals surface area contributed by atoms with Crippen LogP contribution in [0.3, 0.4) is 0 Å². The zero-order valence-corrected chi connectivity index (χ0v) is 18.6. The van der Waals surface area contributed by atoms with Gasteiger partial charge in [-0.25, -0.2) is 0 Å². The highest BCUT2D eigenvalue weighted by atomic mass is 32.1. The van der Waals surface area contributed by atoms with Crippen LogP contribution in [0.2, 0.25) is 0 Å². The van der Waals surface area contributed by atoms with Crippen molar-refractivity contribution >= 4 is 29.3 Å². The van der Waals surface area contributed by atoms with Gasteiger partial charge in [-0.2, -0.15) is 0 Å². The van der Waals surface area contributed by atoms with Gasteiger partial charge in [0, 0.05) is 6.04 Å². The van der Waals surface area contributed by atoms with Gasteiger partial charge < -0.3 is 14.8 Å². The maximum absolute atomic E-state index is 13.0. The molecule has 5 nitrogen and oxygen atoms in total. The van der Waals surface area contributed by atoms with Gasteiger partial charge in [0.05, 0.1) is 6.61 Å². The summed E-state index contributed by atoms with van der Waals surface area (Å²) in [5.41, 5.74) is 2.46. The third kappa shape index (κ3) is 5.07. The predicted octanol–water partition coefficient (Wildman–Crippen LogP) is 5.05. The van der Waals surface area contributed by atoms with Gasteiger partial charge in [0.2, 0.25) is 0 Å². The minimum atomic E-state index is -0.0423. The number of hydrogen-bond donors (Lipinski definition) is 1. The molecule has 0 unspecified atom stereocenters. The molecule has 2 aromatic rings. The molecular formula is C25H28N2O3S. The summed E-state index contributed by atoms with van der Waals surface area (Å²) in [6.45, 7) is 2.93. The molecule has 1 aliphatic carbocycles. The van der Waals surface area contributed by atoms with E-state index in [4.69, 9.17) is 21.7 Å². The second-order valence-electron chi connectivity index (χ2n) is 7.87. The van der Waals surface area contributed by atoms with Crippen LogP contribution in [-0.4, -0.2) is 28.6 Å². The van der Waals surface area contributed by atoms with Crippen molar-refractivity contribution in [2.75, 3.05) is 6.61 Å². The predicted molar refractivity (Wildman–Crippen MR) is 126 cm³/mol. The first-order valence-corrected chi connectivity index (χ1v) is 11.4. The SMILES string of the molecule is CCOc1cc(C=C2NC(=S)N(C3CCCCC3)C2=O)ccc1OCc1ccccc1. The Kier molecular flexibility index (Phi) is 6.87. The minimum absolute atomic E-state index is 0.0423. The smallest absolute Gasteiger partial charge is 0.276 e. The Hall–Kier alpha value is -2.86. The molecule has 162 valence electrons. The number of rotatable bonds is 7. The number of benzene rings is 2. The molecule has 4 rings (SSSR count). The molecule has 2 aromatic carbocycles. The number of nitrogens with zero attached hydrogens (tertiary/aromatic N) is 1. The Balaban J connectivity index is 1.51. The van der Waals surface area contributed by atoms with Crippen LogP contribution in [0.25, 0.3) is 6.08 Å². The first-order valence-electron chi connectivity index (χ1n) is 11.0. The Bertz CT molecular complexity index is 968. The number of thiocarbonyl (C=S) groups is 1. The molecule has 6 heteroatoms. The fraction of sp³-hybridized carbons (Fsp3) is 0.360. The molecule has 2 aliphatic rings. The van der Waals surface area contributed by atoms with E-state index in [2.05, 4.69) is 5.32 Å². The monoisotopic (exact) mass is 436 g/mol. The molecule has 31 heavy (non-hydrogen) atoms. The molecule has 1 N–H and O–H groups in total. The fourth-order valence-electron chi connectivity index (χ4n) is 4.12. The molecule has 1 amide bonds. The Labute approximate surface area is 189 Å². The van der Waals surface area contributed by atoms with E-state index in [1.807, 2.05) is 61.5 Å². The molecule has 0 radical (unpaired) electrons. The number of carbonyl (C=O) groups is 1. The van der Waals surface area contributed by atoms with Crippen LogP contribution in [0.5, 0.6) is 11.5 Å². The lowest BCUT2D eigenvalue weighted by atomic mass is 9.94. The van der Waals surface area contributed by atoms with E-state index in [-0.39, 0.29) is 11.9 Å². The van der Waals surface area contributed by atoms with E-state index in [1.54, 1.807) is 4.90 Å². The molecule has 1 saturated heterocycles. The molecule has 1 aliphatic heterocycles. The molecule has 0 bridgehead atoms. The van der Waals surface area contributed by atoms with Crippen molar-refractivity contribution in [3.05, 3.63) is 65.4 Å². The van der Waals surface area contributed by atoms with Gasteiger partial charge >= 0.3 is 0 Å². The fourth-order valence-corrected chi connectivity index (χ4v) is 4.47.